The van der Waals surface area contributed by atoms with Gasteiger partial charge in [-0.05, 0) is 37.0 Å². The number of halogens is 1. The number of imidazole rings is 1. The largest absolute Gasteiger partial charge is 0.411 e. The van der Waals surface area contributed by atoms with Gasteiger partial charge in [-0.15, -0.1) is 0 Å². The molecule has 0 spiro atoms. The zero-order chi connectivity index (χ0) is 16.1. The maximum atomic E-state index is 13.1. The zero-order valence-corrected chi connectivity index (χ0v) is 13.1. The van der Waals surface area contributed by atoms with E-state index in [4.69, 9.17) is 0 Å². The van der Waals surface area contributed by atoms with E-state index in [1.54, 1.807) is 24.7 Å². The zero-order valence-electron chi connectivity index (χ0n) is 13.1. The molecular formula is C18H22FN3O. The molecule has 1 atom stereocenters. The van der Waals surface area contributed by atoms with Gasteiger partial charge in [0.2, 0.25) is 0 Å². The van der Waals surface area contributed by atoms with Gasteiger partial charge >= 0.3 is 0 Å². The molecule has 4 nitrogen and oxygen atoms in total. The predicted molar refractivity (Wildman–Crippen MR) is 87.2 cm³/mol. The fraction of sp³-hybridized carbons (Fsp3) is 0.444. The van der Waals surface area contributed by atoms with Crippen molar-refractivity contribution in [1.82, 2.24) is 9.55 Å². The molecule has 2 aromatic rings. The van der Waals surface area contributed by atoms with Crippen LogP contribution in [0.1, 0.15) is 43.7 Å². The van der Waals surface area contributed by atoms with E-state index < -0.39 is 0 Å². The van der Waals surface area contributed by atoms with Crippen molar-refractivity contribution in [2.24, 2.45) is 11.1 Å². The molecule has 0 radical (unpaired) electrons. The topological polar surface area (TPSA) is 50.4 Å². The van der Waals surface area contributed by atoms with E-state index in [2.05, 4.69) is 10.1 Å². The lowest BCUT2D eigenvalue weighted by atomic mass is 9.82. The van der Waals surface area contributed by atoms with Crippen LogP contribution in [0.5, 0.6) is 0 Å². The first-order valence-electron chi connectivity index (χ1n) is 8.21. The van der Waals surface area contributed by atoms with Gasteiger partial charge in [0.15, 0.2) is 0 Å². The predicted octanol–water partition coefficient (Wildman–Crippen LogP) is 4.22. The van der Waals surface area contributed by atoms with E-state index in [9.17, 15) is 9.60 Å². The molecule has 1 fully saturated rings. The van der Waals surface area contributed by atoms with Crippen LogP contribution >= 0.6 is 0 Å². The number of oxime groups is 1. The first-order chi connectivity index (χ1) is 11.3. The summed E-state index contributed by atoms with van der Waals surface area (Å²) in [6, 6.07) is 6.42. The molecule has 122 valence electrons. The van der Waals surface area contributed by atoms with Crippen LogP contribution in [0, 0.1) is 11.7 Å². The van der Waals surface area contributed by atoms with Crippen molar-refractivity contribution in [3.05, 3.63) is 54.4 Å². The molecule has 1 heterocycles. The number of hydrogen-bond donors (Lipinski definition) is 1. The Hall–Kier alpha value is -2.17. The van der Waals surface area contributed by atoms with Gasteiger partial charge in [0.25, 0.3) is 0 Å². The van der Waals surface area contributed by atoms with Gasteiger partial charge in [0.05, 0.1) is 18.1 Å². The fourth-order valence-electron chi connectivity index (χ4n) is 3.48. The third-order valence-corrected chi connectivity index (χ3v) is 4.71. The smallest absolute Gasteiger partial charge is 0.123 e. The number of nitrogens with zero attached hydrogens (tertiary/aromatic N) is 3. The third-order valence-electron chi connectivity index (χ3n) is 4.71. The van der Waals surface area contributed by atoms with Gasteiger partial charge in [0.1, 0.15) is 5.82 Å². The summed E-state index contributed by atoms with van der Waals surface area (Å²) in [5.74, 6) is 0.0675. The van der Waals surface area contributed by atoms with E-state index in [1.165, 1.54) is 31.4 Å². The maximum Gasteiger partial charge on any atom is 0.123 e. The molecule has 1 unspecified atom stereocenters. The quantitative estimate of drug-likeness (QED) is 0.510. The van der Waals surface area contributed by atoms with Gasteiger partial charge < -0.3 is 9.77 Å². The summed E-state index contributed by atoms with van der Waals surface area (Å²) in [5.41, 5.74) is 1.83. The van der Waals surface area contributed by atoms with Crippen molar-refractivity contribution in [2.75, 3.05) is 0 Å². The van der Waals surface area contributed by atoms with Gasteiger partial charge in [-0.25, -0.2) is 9.37 Å². The fourth-order valence-corrected chi connectivity index (χ4v) is 3.48. The minimum absolute atomic E-state index is 0.0870. The molecule has 1 saturated carbocycles. The van der Waals surface area contributed by atoms with Crippen LogP contribution in [0.2, 0.25) is 0 Å². The van der Waals surface area contributed by atoms with Gasteiger partial charge in [-0.1, -0.05) is 36.6 Å². The Bertz CT molecular complexity index is 631. The van der Waals surface area contributed by atoms with Crippen molar-refractivity contribution in [2.45, 2.75) is 44.6 Å². The molecule has 0 amide bonds. The second-order valence-electron chi connectivity index (χ2n) is 6.22. The highest BCUT2D eigenvalue weighted by Gasteiger charge is 2.28. The summed E-state index contributed by atoms with van der Waals surface area (Å²) in [4.78, 5) is 4.13. The van der Waals surface area contributed by atoms with Crippen LogP contribution < -0.4 is 0 Å². The van der Waals surface area contributed by atoms with Crippen LogP contribution in [0.3, 0.4) is 0 Å². The second-order valence-corrected chi connectivity index (χ2v) is 6.22. The Morgan fingerprint density at radius 3 is 2.61 bits per heavy atom. The molecule has 1 N–H and O–H groups in total. The molecule has 1 aliphatic rings. The van der Waals surface area contributed by atoms with Crippen LogP contribution in [0.25, 0.3) is 0 Å². The lowest BCUT2D eigenvalue weighted by molar-refractivity contribution is 0.302. The van der Waals surface area contributed by atoms with E-state index in [0.29, 0.717) is 12.3 Å². The molecule has 5 heteroatoms. The van der Waals surface area contributed by atoms with E-state index >= 15 is 0 Å². The Kier molecular flexibility index (Phi) is 5.05. The van der Waals surface area contributed by atoms with Gasteiger partial charge in [-0.2, -0.15) is 0 Å². The molecule has 3 rings (SSSR count). The summed E-state index contributed by atoms with van der Waals surface area (Å²) >= 11 is 0. The summed E-state index contributed by atoms with van der Waals surface area (Å²) in [5, 5.41) is 13.3. The SMILES string of the molecule is O/N=C(\C1CCCCC1)C(Cc1ccc(F)cc1)n1ccnc1. The molecule has 0 saturated heterocycles. The molecule has 0 bridgehead atoms. The molecule has 1 aliphatic carbocycles. The Balaban J connectivity index is 1.87. The van der Waals surface area contributed by atoms with Crippen molar-refractivity contribution < 1.29 is 9.60 Å². The van der Waals surface area contributed by atoms with Crippen molar-refractivity contribution >= 4 is 5.71 Å². The average Bonchev–Trinajstić information content (AvgIpc) is 3.12. The first kappa shape index (κ1) is 15.7. The highest BCUT2D eigenvalue weighted by atomic mass is 19.1. The Morgan fingerprint density at radius 2 is 2.00 bits per heavy atom. The van der Waals surface area contributed by atoms with Gasteiger partial charge in [0, 0.05) is 18.3 Å². The lowest BCUT2D eigenvalue weighted by Gasteiger charge is -2.28. The maximum absolute atomic E-state index is 13.1. The third kappa shape index (κ3) is 3.78. The average molecular weight is 315 g/mol. The molecule has 1 aromatic heterocycles. The minimum Gasteiger partial charge on any atom is -0.411 e. The Labute approximate surface area is 135 Å². The van der Waals surface area contributed by atoms with Crippen molar-refractivity contribution in [3.8, 4) is 0 Å². The summed E-state index contributed by atoms with van der Waals surface area (Å²) in [7, 11) is 0. The summed E-state index contributed by atoms with van der Waals surface area (Å²) in [6.45, 7) is 0. The van der Waals surface area contributed by atoms with Crippen molar-refractivity contribution in [3.63, 3.8) is 0 Å². The normalized spacial score (nSPS) is 18.0. The standard InChI is InChI=1S/C18H22FN3O/c19-16-8-6-14(7-9-16)12-17(22-11-10-20-13-22)18(21-23)15-4-2-1-3-5-15/h6-11,13,15,17,23H,1-5,12H2/b21-18+. The lowest BCUT2D eigenvalue weighted by Crippen LogP contribution is -2.29. The molecule has 0 aliphatic heterocycles. The number of benzene rings is 1. The highest BCUT2D eigenvalue weighted by Crippen LogP contribution is 2.30. The number of hydrogen-bond acceptors (Lipinski definition) is 3. The molecule has 1 aromatic carbocycles. The van der Waals surface area contributed by atoms with E-state index in [0.717, 1.165) is 24.1 Å². The minimum atomic E-state index is -0.240. The van der Waals surface area contributed by atoms with Crippen molar-refractivity contribution in [1.29, 1.82) is 0 Å². The van der Waals surface area contributed by atoms with Crippen LogP contribution in [-0.2, 0) is 6.42 Å². The number of rotatable bonds is 5. The number of aromatic nitrogens is 2. The second kappa shape index (κ2) is 7.40. The molecule has 23 heavy (non-hydrogen) atoms. The molecular weight excluding hydrogens is 293 g/mol. The van der Waals surface area contributed by atoms with Crippen LogP contribution in [-0.4, -0.2) is 20.5 Å². The van der Waals surface area contributed by atoms with E-state index in [-0.39, 0.29) is 11.9 Å². The summed E-state index contributed by atoms with van der Waals surface area (Å²) in [6.07, 6.45) is 11.8. The summed E-state index contributed by atoms with van der Waals surface area (Å²) < 4.78 is 15.1. The van der Waals surface area contributed by atoms with E-state index in [1.807, 2.05) is 10.8 Å². The Morgan fingerprint density at radius 1 is 1.26 bits per heavy atom. The van der Waals surface area contributed by atoms with Crippen LogP contribution in [0.4, 0.5) is 4.39 Å². The van der Waals surface area contributed by atoms with Crippen LogP contribution in [0.15, 0.2) is 48.1 Å². The highest BCUT2D eigenvalue weighted by molar-refractivity contribution is 5.90. The van der Waals surface area contributed by atoms with Gasteiger partial charge in [-0.3, -0.25) is 0 Å². The monoisotopic (exact) mass is 315 g/mol. The first-order valence-corrected chi connectivity index (χ1v) is 8.21.